The van der Waals surface area contributed by atoms with Crippen molar-refractivity contribution in [2.45, 2.75) is 41.0 Å². The molecule has 3 nitrogen and oxygen atoms in total. The van der Waals surface area contributed by atoms with Crippen molar-refractivity contribution >= 4 is 34.4 Å². The van der Waals surface area contributed by atoms with Gasteiger partial charge in [0.05, 0.1) is 17.4 Å². The third-order valence-electron chi connectivity index (χ3n) is 4.37. The second kappa shape index (κ2) is 10.5. The van der Waals surface area contributed by atoms with Crippen LogP contribution in [0.25, 0.3) is 28.8 Å². The molecule has 1 aromatic carbocycles. The molecule has 4 heteroatoms. The Kier molecular flexibility index (Phi) is 8.00. The molecule has 0 radical (unpaired) electrons. The van der Waals surface area contributed by atoms with Gasteiger partial charge >= 0.3 is 0 Å². The molecule has 0 aliphatic heterocycles. The number of aromatic nitrogens is 2. The van der Waals surface area contributed by atoms with Crippen LogP contribution in [-0.2, 0) is 0 Å². The van der Waals surface area contributed by atoms with Gasteiger partial charge in [-0.3, -0.25) is 4.98 Å². The number of hydrogen-bond acceptors (Lipinski definition) is 2. The van der Waals surface area contributed by atoms with E-state index >= 15 is 0 Å². The molecule has 0 unspecified atom stereocenters. The van der Waals surface area contributed by atoms with E-state index < -0.39 is 0 Å². The summed E-state index contributed by atoms with van der Waals surface area (Å²) in [6, 6.07) is 7.40. The van der Waals surface area contributed by atoms with Crippen molar-refractivity contribution in [1.29, 1.82) is 0 Å². The lowest BCUT2D eigenvalue weighted by Crippen LogP contribution is -2.29. The van der Waals surface area contributed by atoms with Crippen molar-refractivity contribution in [2.75, 3.05) is 11.9 Å². The molecule has 0 saturated heterocycles. The van der Waals surface area contributed by atoms with Crippen molar-refractivity contribution in [3.63, 3.8) is 0 Å². The summed E-state index contributed by atoms with van der Waals surface area (Å²) in [6.45, 7) is 10.7. The first kappa shape index (κ1) is 21.4. The Morgan fingerprint density at radius 1 is 1.18 bits per heavy atom. The SMILES string of the molecule is C/C=c1/ccc(F)c(NCC)/c1=C/C(=C/CC)n1ccc2ccncc21.CC. The van der Waals surface area contributed by atoms with Crippen LogP contribution in [0.4, 0.5) is 10.1 Å². The number of nitrogens with zero attached hydrogens (tertiary/aromatic N) is 2. The minimum Gasteiger partial charge on any atom is -0.382 e. The summed E-state index contributed by atoms with van der Waals surface area (Å²) in [7, 11) is 0. The maximum atomic E-state index is 14.5. The first-order chi connectivity index (χ1) is 13.7. The average molecular weight is 380 g/mol. The predicted molar refractivity (Wildman–Crippen MR) is 120 cm³/mol. The van der Waals surface area contributed by atoms with Gasteiger partial charge in [-0.25, -0.2) is 4.39 Å². The molecule has 3 aromatic rings. The number of halogens is 1. The van der Waals surface area contributed by atoms with E-state index in [1.54, 1.807) is 6.20 Å². The van der Waals surface area contributed by atoms with Gasteiger partial charge in [0.2, 0.25) is 0 Å². The quantitative estimate of drug-likeness (QED) is 0.663. The molecule has 0 atom stereocenters. The van der Waals surface area contributed by atoms with Crippen molar-refractivity contribution in [3.8, 4) is 0 Å². The molecule has 3 rings (SSSR count). The first-order valence-corrected chi connectivity index (χ1v) is 10.0. The van der Waals surface area contributed by atoms with Crippen LogP contribution in [0.1, 0.15) is 41.0 Å². The summed E-state index contributed by atoms with van der Waals surface area (Å²) in [6.07, 6.45) is 12.8. The van der Waals surface area contributed by atoms with E-state index in [4.69, 9.17) is 0 Å². The van der Waals surface area contributed by atoms with E-state index in [0.717, 1.165) is 33.5 Å². The summed E-state index contributed by atoms with van der Waals surface area (Å²) in [5, 5.41) is 6.16. The standard InChI is InChI=1S/C22H24FN3.C2H6/c1-4-7-18(26-13-11-17-10-12-24-15-21(17)26)14-19-16(5-2)8-9-20(23)22(19)25-6-3;1-2/h5,7-15,25H,4,6H2,1-3H3;1-2H3/b16-5-,18-7-,19-14+;. The number of hydrogen-bond donors (Lipinski definition) is 1. The molecule has 0 aliphatic carbocycles. The highest BCUT2D eigenvalue weighted by atomic mass is 19.1. The Morgan fingerprint density at radius 3 is 2.64 bits per heavy atom. The average Bonchev–Trinajstić information content (AvgIpc) is 3.16. The van der Waals surface area contributed by atoms with Gasteiger partial charge in [-0.1, -0.05) is 39.0 Å². The maximum Gasteiger partial charge on any atom is 0.146 e. The molecule has 28 heavy (non-hydrogen) atoms. The molecule has 0 saturated carbocycles. The summed E-state index contributed by atoms with van der Waals surface area (Å²) in [4.78, 5) is 4.25. The summed E-state index contributed by atoms with van der Waals surface area (Å²) in [5.41, 5.74) is 2.58. The first-order valence-electron chi connectivity index (χ1n) is 10.0. The predicted octanol–water partition coefficient (Wildman–Crippen LogP) is 5.17. The van der Waals surface area contributed by atoms with Crippen LogP contribution in [0.2, 0.25) is 0 Å². The highest BCUT2D eigenvalue weighted by Crippen LogP contribution is 2.20. The van der Waals surface area contributed by atoms with Crippen LogP contribution in [0, 0.1) is 5.82 Å². The van der Waals surface area contributed by atoms with Gasteiger partial charge in [-0.2, -0.15) is 0 Å². The highest BCUT2D eigenvalue weighted by Gasteiger charge is 2.07. The Morgan fingerprint density at radius 2 is 1.96 bits per heavy atom. The van der Waals surface area contributed by atoms with Gasteiger partial charge in [0, 0.05) is 35.2 Å². The number of rotatable bonds is 5. The van der Waals surface area contributed by atoms with E-state index in [-0.39, 0.29) is 5.82 Å². The van der Waals surface area contributed by atoms with Crippen LogP contribution >= 0.6 is 0 Å². The lowest BCUT2D eigenvalue weighted by Gasteiger charge is -2.10. The molecule has 0 bridgehead atoms. The normalized spacial score (nSPS) is 12.9. The summed E-state index contributed by atoms with van der Waals surface area (Å²) < 4.78 is 16.6. The molecule has 2 aromatic heterocycles. The monoisotopic (exact) mass is 379 g/mol. The molecule has 2 heterocycles. The third kappa shape index (κ3) is 4.50. The molecule has 0 amide bonds. The Balaban J connectivity index is 0.00000136. The Hall–Kier alpha value is -2.88. The third-order valence-corrected chi connectivity index (χ3v) is 4.37. The van der Waals surface area contributed by atoms with E-state index in [1.807, 2.05) is 64.4 Å². The van der Waals surface area contributed by atoms with Crippen molar-refractivity contribution in [3.05, 3.63) is 65.2 Å². The number of nitrogens with one attached hydrogen (secondary N) is 1. The zero-order valence-corrected chi connectivity index (χ0v) is 17.5. The number of anilines is 1. The van der Waals surface area contributed by atoms with E-state index in [1.165, 1.54) is 6.07 Å². The number of pyridine rings is 1. The largest absolute Gasteiger partial charge is 0.382 e. The molecule has 148 valence electrons. The van der Waals surface area contributed by atoms with Gasteiger partial charge in [0.1, 0.15) is 5.82 Å². The highest BCUT2D eigenvalue weighted by molar-refractivity contribution is 5.89. The van der Waals surface area contributed by atoms with Crippen LogP contribution < -0.4 is 15.8 Å². The molecular formula is C24H30FN3. The van der Waals surface area contributed by atoms with Crippen molar-refractivity contribution in [1.82, 2.24) is 9.55 Å². The van der Waals surface area contributed by atoms with Crippen molar-refractivity contribution < 1.29 is 4.39 Å². The smallest absolute Gasteiger partial charge is 0.146 e. The maximum absolute atomic E-state index is 14.5. The van der Waals surface area contributed by atoms with Crippen LogP contribution in [-0.4, -0.2) is 16.1 Å². The number of benzene rings is 1. The summed E-state index contributed by atoms with van der Waals surface area (Å²) >= 11 is 0. The van der Waals surface area contributed by atoms with E-state index in [0.29, 0.717) is 12.2 Å². The van der Waals surface area contributed by atoms with Crippen LogP contribution in [0.5, 0.6) is 0 Å². The fourth-order valence-electron chi connectivity index (χ4n) is 3.16. The van der Waals surface area contributed by atoms with Crippen LogP contribution in [0.15, 0.2) is 48.9 Å². The van der Waals surface area contributed by atoms with Gasteiger partial charge in [0.15, 0.2) is 0 Å². The van der Waals surface area contributed by atoms with Gasteiger partial charge in [0.25, 0.3) is 0 Å². The molecule has 0 fully saturated rings. The molecule has 0 spiro atoms. The molecular weight excluding hydrogens is 349 g/mol. The minimum atomic E-state index is -0.237. The minimum absolute atomic E-state index is 0.237. The van der Waals surface area contributed by atoms with Gasteiger partial charge in [-0.05, 0) is 49.8 Å². The topological polar surface area (TPSA) is 29.9 Å². The van der Waals surface area contributed by atoms with Gasteiger partial charge < -0.3 is 9.88 Å². The lowest BCUT2D eigenvalue weighted by molar-refractivity contribution is 0.629. The second-order valence-electron chi connectivity index (χ2n) is 6.05. The lowest BCUT2D eigenvalue weighted by atomic mass is 10.1. The molecule has 0 aliphatic rings. The zero-order chi connectivity index (χ0) is 20.5. The Bertz CT molecular complexity index is 1060. The van der Waals surface area contributed by atoms with Crippen LogP contribution in [0.3, 0.4) is 0 Å². The van der Waals surface area contributed by atoms with E-state index in [2.05, 4.69) is 33.9 Å². The molecule has 1 N–H and O–H groups in total. The van der Waals surface area contributed by atoms with E-state index in [9.17, 15) is 4.39 Å². The number of fused-ring (bicyclic) bond motifs is 1. The van der Waals surface area contributed by atoms with Gasteiger partial charge in [-0.15, -0.1) is 0 Å². The zero-order valence-electron chi connectivity index (χ0n) is 17.5. The fraction of sp³-hybridized carbons (Fsp3) is 0.292. The Labute approximate surface area is 166 Å². The van der Waals surface area contributed by atoms with Crippen molar-refractivity contribution in [2.24, 2.45) is 0 Å². The number of allylic oxidation sites excluding steroid dienone is 2. The second-order valence-corrected chi connectivity index (χ2v) is 6.05. The fourth-order valence-corrected chi connectivity index (χ4v) is 3.16. The summed E-state index contributed by atoms with van der Waals surface area (Å²) in [5.74, 6) is -0.237.